The molecule has 1 fully saturated rings. The van der Waals surface area contributed by atoms with Crippen molar-refractivity contribution in [2.75, 3.05) is 50.1 Å². The Morgan fingerprint density at radius 2 is 1.86 bits per heavy atom. The van der Waals surface area contributed by atoms with Crippen LogP contribution >= 0.6 is 0 Å². The monoisotopic (exact) mass is 504 g/mol. The summed E-state index contributed by atoms with van der Waals surface area (Å²) in [6.07, 6.45) is -1.77. The first kappa shape index (κ1) is 25.3. The molecule has 12 heteroatoms. The van der Waals surface area contributed by atoms with Crippen LogP contribution in [-0.4, -0.2) is 71.6 Å². The topological polar surface area (TPSA) is 84.8 Å². The van der Waals surface area contributed by atoms with Crippen LogP contribution in [0.4, 0.5) is 30.5 Å². The lowest BCUT2D eigenvalue weighted by Crippen LogP contribution is -2.44. The third-order valence-corrected chi connectivity index (χ3v) is 5.74. The number of aryl methyl sites for hydroxylation is 1. The Labute approximate surface area is 206 Å². The molecule has 192 valence electrons. The number of nitrogens with zero attached hydrogens (tertiary/aromatic N) is 5. The van der Waals surface area contributed by atoms with Crippen molar-refractivity contribution < 1.29 is 27.4 Å². The summed E-state index contributed by atoms with van der Waals surface area (Å²) in [7, 11) is 3.75. The largest absolute Gasteiger partial charge is 0.573 e. The van der Waals surface area contributed by atoms with Crippen molar-refractivity contribution in [2.45, 2.75) is 13.3 Å². The van der Waals surface area contributed by atoms with Gasteiger partial charge in [-0.05, 0) is 38.2 Å². The third kappa shape index (κ3) is 6.06. The maximum atomic E-state index is 13.2. The summed E-state index contributed by atoms with van der Waals surface area (Å²) in [5.41, 5.74) is 2.15. The molecule has 0 bridgehead atoms. The lowest BCUT2D eigenvalue weighted by atomic mass is 10.2. The molecule has 1 saturated heterocycles. The molecule has 0 amide bonds. The number of hydrogen-bond acceptors (Lipinski definition) is 8. The fraction of sp³-hybridized carbons (Fsp3) is 0.375. The maximum absolute atomic E-state index is 13.2. The van der Waals surface area contributed by atoms with Gasteiger partial charge in [-0.3, -0.25) is 0 Å². The van der Waals surface area contributed by atoms with E-state index in [2.05, 4.69) is 24.9 Å². The minimum absolute atomic E-state index is 0.0708. The summed E-state index contributed by atoms with van der Waals surface area (Å²) >= 11 is 0. The van der Waals surface area contributed by atoms with Gasteiger partial charge in [-0.15, -0.1) is 13.2 Å². The zero-order chi connectivity index (χ0) is 25.9. The number of anilines is 3. The molecule has 4 rings (SSSR count). The fourth-order valence-corrected chi connectivity index (χ4v) is 3.91. The Morgan fingerprint density at radius 1 is 1.11 bits per heavy atom. The van der Waals surface area contributed by atoms with Gasteiger partial charge in [0.15, 0.2) is 5.75 Å². The molecule has 1 aromatic carbocycles. The second-order valence-corrected chi connectivity index (χ2v) is 8.35. The molecule has 0 atom stereocenters. The third-order valence-electron chi connectivity index (χ3n) is 5.74. The van der Waals surface area contributed by atoms with Gasteiger partial charge in [0.05, 0.1) is 29.2 Å². The lowest BCUT2D eigenvalue weighted by molar-refractivity contribution is -0.274. The smallest absolute Gasteiger partial charge is 0.462 e. The average molecular weight is 505 g/mol. The zero-order valence-corrected chi connectivity index (χ0v) is 20.2. The number of alkyl halides is 3. The maximum Gasteiger partial charge on any atom is 0.573 e. The molecule has 3 heterocycles. The van der Waals surface area contributed by atoms with Crippen LogP contribution in [0.25, 0.3) is 11.4 Å². The van der Waals surface area contributed by atoms with Gasteiger partial charge in [0.2, 0.25) is 5.95 Å². The van der Waals surface area contributed by atoms with E-state index in [1.807, 2.05) is 11.9 Å². The standard InChI is InChI=1S/C24H27F3N6O3/c1-4-35-22(34)16-13-20(32(3)15-16)18-7-8-28-23(29-18)30-19-6-5-17(14-21(19)36-24(25,26)27)33-11-9-31(2)10-12-33/h5-8,13-15H,4,9-12H2,1-3H3,(H,28,29,30). The number of benzene rings is 1. The van der Waals surface area contributed by atoms with E-state index < -0.39 is 12.3 Å². The Kier molecular flexibility index (Phi) is 7.34. The van der Waals surface area contributed by atoms with E-state index in [4.69, 9.17) is 4.74 Å². The Morgan fingerprint density at radius 3 is 2.56 bits per heavy atom. The van der Waals surface area contributed by atoms with Gasteiger partial charge in [-0.2, -0.15) is 0 Å². The molecule has 9 nitrogen and oxygen atoms in total. The number of halogens is 3. The molecular weight excluding hydrogens is 477 g/mol. The number of aromatic nitrogens is 3. The molecule has 0 saturated carbocycles. The highest BCUT2D eigenvalue weighted by atomic mass is 19.4. The summed E-state index contributed by atoms with van der Waals surface area (Å²) in [4.78, 5) is 24.8. The van der Waals surface area contributed by atoms with E-state index >= 15 is 0 Å². The quantitative estimate of drug-likeness (QED) is 0.483. The number of piperazine rings is 1. The first-order chi connectivity index (χ1) is 17.1. The molecule has 0 spiro atoms. The zero-order valence-electron chi connectivity index (χ0n) is 20.2. The van der Waals surface area contributed by atoms with Crippen molar-refractivity contribution in [3.8, 4) is 17.1 Å². The Bertz CT molecular complexity index is 1220. The van der Waals surface area contributed by atoms with Crippen molar-refractivity contribution >= 4 is 23.3 Å². The minimum Gasteiger partial charge on any atom is -0.462 e. The number of likely N-dealkylation sites (N-methyl/N-ethyl adjacent to an activating group) is 1. The van der Waals surface area contributed by atoms with Crippen LogP contribution in [0.1, 0.15) is 17.3 Å². The summed E-state index contributed by atoms with van der Waals surface area (Å²) in [6.45, 7) is 4.99. The van der Waals surface area contributed by atoms with Crippen molar-refractivity contribution in [1.29, 1.82) is 0 Å². The molecule has 36 heavy (non-hydrogen) atoms. The summed E-state index contributed by atoms with van der Waals surface area (Å²) in [5.74, 6) is -0.761. The number of carbonyl (C=O) groups is 1. The summed E-state index contributed by atoms with van der Waals surface area (Å²) < 4.78 is 50.7. The number of nitrogens with one attached hydrogen (secondary N) is 1. The van der Waals surface area contributed by atoms with Gasteiger partial charge in [0.25, 0.3) is 0 Å². The van der Waals surface area contributed by atoms with E-state index in [1.165, 1.54) is 18.3 Å². The molecule has 1 aliphatic rings. The molecule has 0 radical (unpaired) electrons. The first-order valence-corrected chi connectivity index (χ1v) is 11.4. The average Bonchev–Trinajstić information content (AvgIpc) is 3.22. The molecule has 3 aromatic rings. The van der Waals surface area contributed by atoms with E-state index in [-0.39, 0.29) is 24.0 Å². The number of carbonyl (C=O) groups excluding carboxylic acids is 1. The molecule has 0 aliphatic carbocycles. The van der Waals surface area contributed by atoms with Crippen molar-refractivity contribution in [1.82, 2.24) is 19.4 Å². The van der Waals surface area contributed by atoms with Crippen LogP contribution in [0, 0.1) is 0 Å². The van der Waals surface area contributed by atoms with Crippen LogP contribution in [0.3, 0.4) is 0 Å². The van der Waals surface area contributed by atoms with E-state index in [0.29, 0.717) is 35.7 Å². The highest BCUT2D eigenvalue weighted by Crippen LogP contribution is 2.36. The highest BCUT2D eigenvalue weighted by Gasteiger charge is 2.33. The Hall–Kier alpha value is -3.80. The van der Waals surface area contributed by atoms with Gasteiger partial charge in [0, 0.05) is 57.4 Å². The normalized spacial score (nSPS) is 14.6. The molecule has 1 N–H and O–H groups in total. The minimum atomic E-state index is -4.87. The molecular formula is C24H27F3N6O3. The van der Waals surface area contributed by atoms with E-state index in [9.17, 15) is 18.0 Å². The SMILES string of the molecule is CCOC(=O)c1cc(-c2ccnc(Nc3ccc(N4CCN(C)CC4)cc3OC(F)(F)F)n2)n(C)c1. The van der Waals surface area contributed by atoms with Gasteiger partial charge in [-0.1, -0.05) is 0 Å². The van der Waals surface area contributed by atoms with Gasteiger partial charge in [0.1, 0.15) is 0 Å². The first-order valence-electron chi connectivity index (χ1n) is 11.4. The second kappa shape index (κ2) is 10.4. The Balaban J connectivity index is 1.60. The van der Waals surface area contributed by atoms with Crippen LogP contribution in [0.2, 0.25) is 0 Å². The molecule has 2 aromatic heterocycles. The van der Waals surface area contributed by atoms with Crippen molar-refractivity contribution in [3.63, 3.8) is 0 Å². The lowest BCUT2D eigenvalue weighted by Gasteiger charge is -2.34. The van der Waals surface area contributed by atoms with Crippen LogP contribution in [-0.2, 0) is 11.8 Å². The number of rotatable bonds is 7. The highest BCUT2D eigenvalue weighted by molar-refractivity contribution is 5.90. The number of hydrogen-bond donors (Lipinski definition) is 1. The predicted octanol–water partition coefficient (Wildman–Crippen LogP) is 4.05. The number of esters is 1. The summed E-state index contributed by atoms with van der Waals surface area (Å²) in [5, 5.41) is 2.84. The molecule has 1 aliphatic heterocycles. The predicted molar refractivity (Wildman–Crippen MR) is 129 cm³/mol. The number of ether oxygens (including phenoxy) is 2. The second-order valence-electron chi connectivity index (χ2n) is 8.35. The van der Waals surface area contributed by atoms with E-state index in [1.54, 1.807) is 42.9 Å². The van der Waals surface area contributed by atoms with Crippen molar-refractivity contribution in [3.05, 3.63) is 48.3 Å². The van der Waals surface area contributed by atoms with Gasteiger partial charge < -0.3 is 29.2 Å². The summed E-state index contributed by atoms with van der Waals surface area (Å²) in [6, 6.07) is 7.90. The van der Waals surface area contributed by atoms with Crippen LogP contribution < -0.4 is 15.0 Å². The molecule has 0 unspecified atom stereocenters. The van der Waals surface area contributed by atoms with Crippen LogP contribution in [0.5, 0.6) is 5.75 Å². The fourth-order valence-electron chi connectivity index (χ4n) is 3.91. The van der Waals surface area contributed by atoms with Gasteiger partial charge >= 0.3 is 12.3 Å². The van der Waals surface area contributed by atoms with Crippen LogP contribution in [0.15, 0.2) is 42.7 Å². The van der Waals surface area contributed by atoms with Crippen molar-refractivity contribution in [2.24, 2.45) is 7.05 Å². The van der Waals surface area contributed by atoms with E-state index in [0.717, 1.165) is 13.1 Å². The van der Waals surface area contributed by atoms with Gasteiger partial charge in [-0.25, -0.2) is 14.8 Å².